The summed E-state index contributed by atoms with van der Waals surface area (Å²) < 4.78 is 4.86. The fraction of sp³-hybridized carbons (Fsp3) is 0.714. The molecule has 0 radical (unpaired) electrons. The van der Waals surface area contributed by atoms with Crippen molar-refractivity contribution in [3.63, 3.8) is 0 Å². The maximum absolute atomic E-state index is 5.47. The Kier molecular flexibility index (Phi) is 7.44. The molecule has 0 heterocycles. The van der Waals surface area contributed by atoms with Crippen LogP contribution in [0.25, 0.3) is 0 Å². The van der Waals surface area contributed by atoms with Crippen molar-refractivity contribution in [3.05, 3.63) is 12.3 Å². The molecule has 0 saturated heterocycles. The van der Waals surface area contributed by atoms with Gasteiger partial charge in [0.05, 0.1) is 6.26 Å². The van der Waals surface area contributed by atoms with Crippen molar-refractivity contribution in [2.75, 3.05) is 0 Å². The Hall–Kier alpha value is 0.627. The summed E-state index contributed by atoms with van der Waals surface area (Å²) in [5.74, 6) is 0. The standard InChI is InChI=1S/C7H13Cl3OSi/c1-2-3-4-5-6-7-11-12(8,9)10/h6-7H,2-5H2,1H3/b7-6+. The lowest BCUT2D eigenvalue weighted by molar-refractivity contribution is 0.511. The molecule has 72 valence electrons. The van der Waals surface area contributed by atoms with E-state index in [9.17, 15) is 0 Å². The van der Waals surface area contributed by atoms with Crippen LogP contribution < -0.4 is 0 Å². The third kappa shape index (κ3) is 10.6. The predicted molar refractivity (Wildman–Crippen MR) is 57.7 cm³/mol. The maximum atomic E-state index is 5.47. The molecule has 0 amide bonds. The Labute approximate surface area is 88.9 Å². The molecule has 0 atom stereocenters. The van der Waals surface area contributed by atoms with Gasteiger partial charge in [-0.3, -0.25) is 0 Å². The summed E-state index contributed by atoms with van der Waals surface area (Å²) in [5, 5.41) is 0. The average molecular weight is 248 g/mol. The number of rotatable bonds is 6. The fourth-order valence-electron chi connectivity index (χ4n) is 0.705. The second-order valence-corrected chi connectivity index (χ2v) is 10.1. The summed E-state index contributed by atoms with van der Waals surface area (Å²) >= 11 is 16.4. The number of unbranched alkanes of at least 4 members (excludes halogenated alkanes) is 3. The Balaban J connectivity index is 3.26. The average Bonchev–Trinajstić information content (AvgIpc) is 1.94. The molecule has 0 N–H and O–H groups in total. The SMILES string of the molecule is CCCCC/C=C/O[Si](Cl)(Cl)Cl. The first-order chi connectivity index (χ1) is 5.56. The molecular weight excluding hydrogens is 235 g/mol. The predicted octanol–water partition coefficient (Wildman–Crippen LogP) is 4.25. The van der Waals surface area contributed by atoms with Crippen LogP contribution in [0.5, 0.6) is 0 Å². The number of hydrogen-bond donors (Lipinski definition) is 0. The topological polar surface area (TPSA) is 9.23 Å². The van der Waals surface area contributed by atoms with Gasteiger partial charge in [-0.15, -0.1) is 0 Å². The molecule has 12 heavy (non-hydrogen) atoms. The zero-order valence-corrected chi connectivity index (χ0v) is 10.3. The number of halogens is 3. The van der Waals surface area contributed by atoms with E-state index in [2.05, 4.69) is 6.92 Å². The van der Waals surface area contributed by atoms with E-state index in [1.54, 1.807) is 0 Å². The Bertz CT molecular complexity index is 133. The van der Waals surface area contributed by atoms with E-state index in [-0.39, 0.29) is 0 Å². The maximum Gasteiger partial charge on any atom is 0.555 e. The van der Waals surface area contributed by atoms with Crippen molar-refractivity contribution in [2.45, 2.75) is 32.6 Å². The molecule has 0 spiro atoms. The molecular formula is C7H13Cl3OSi. The van der Waals surface area contributed by atoms with Crippen LogP contribution in [0.1, 0.15) is 32.6 Å². The van der Waals surface area contributed by atoms with Gasteiger partial charge in [0.1, 0.15) is 0 Å². The van der Waals surface area contributed by atoms with Gasteiger partial charge in [-0.2, -0.15) is 0 Å². The monoisotopic (exact) mass is 246 g/mol. The van der Waals surface area contributed by atoms with Gasteiger partial charge in [0.15, 0.2) is 0 Å². The molecule has 0 aromatic rings. The van der Waals surface area contributed by atoms with Crippen molar-refractivity contribution < 1.29 is 4.43 Å². The van der Waals surface area contributed by atoms with E-state index >= 15 is 0 Å². The van der Waals surface area contributed by atoms with Crippen molar-refractivity contribution >= 4 is 39.5 Å². The van der Waals surface area contributed by atoms with Gasteiger partial charge >= 0.3 is 6.25 Å². The Morgan fingerprint density at radius 1 is 1.25 bits per heavy atom. The first kappa shape index (κ1) is 12.6. The smallest absolute Gasteiger partial charge is 0.515 e. The lowest BCUT2D eigenvalue weighted by Gasteiger charge is -2.04. The lowest BCUT2D eigenvalue weighted by Crippen LogP contribution is -2.11. The van der Waals surface area contributed by atoms with Crippen LogP contribution in [-0.4, -0.2) is 6.25 Å². The molecule has 0 saturated carbocycles. The van der Waals surface area contributed by atoms with E-state index in [0.29, 0.717) is 0 Å². The third-order valence-electron chi connectivity index (χ3n) is 1.27. The summed E-state index contributed by atoms with van der Waals surface area (Å²) in [6, 6.07) is 0. The molecule has 0 aliphatic heterocycles. The van der Waals surface area contributed by atoms with Crippen LogP contribution in [0.3, 0.4) is 0 Å². The third-order valence-corrected chi connectivity index (χ3v) is 2.48. The highest BCUT2D eigenvalue weighted by Crippen LogP contribution is 2.21. The van der Waals surface area contributed by atoms with Gasteiger partial charge in [0, 0.05) is 0 Å². The highest BCUT2D eigenvalue weighted by atomic mass is 35.8. The molecule has 0 unspecified atom stereocenters. The largest absolute Gasteiger partial charge is 0.555 e. The van der Waals surface area contributed by atoms with Gasteiger partial charge in [-0.1, -0.05) is 59.1 Å². The molecule has 0 rings (SSSR count). The van der Waals surface area contributed by atoms with E-state index in [4.69, 9.17) is 37.7 Å². The molecule has 5 heteroatoms. The molecule has 0 aromatic heterocycles. The minimum absolute atomic E-state index is 0.989. The van der Waals surface area contributed by atoms with Crippen LogP contribution in [0.4, 0.5) is 0 Å². The normalized spacial score (nSPS) is 12.3. The van der Waals surface area contributed by atoms with E-state index in [1.807, 2.05) is 6.08 Å². The van der Waals surface area contributed by atoms with Gasteiger partial charge < -0.3 is 4.43 Å². The Morgan fingerprint density at radius 3 is 2.42 bits per heavy atom. The zero-order valence-electron chi connectivity index (χ0n) is 7.03. The molecule has 0 bridgehead atoms. The molecule has 0 aliphatic carbocycles. The summed E-state index contributed by atoms with van der Waals surface area (Å²) in [4.78, 5) is 0. The van der Waals surface area contributed by atoms with Crippen molar-refractivity contribution in [1.82, 2.24) is 0 Å². The number of allylic oxidation sites excluding steroid dienone is 1. The molecule has 0 aromatic carbocycles. The van der Waals surface area contributed by atoms with Crippen molar-refractivity contribution in [3.8, 4) is 0 Å². The highest BCUT2D eigenvalue weighted by Gasteiger charge is 2.27. The van der Waals surface area contributed by atoms with Crippen LogP contribution in [0.2, 0.25) is 0 Å². The quantitative estimate of drug-likeness (QED) is 0.295. The van der Waals surface area contributed by atoms with E-state index < -0.39 is 6.25 Å². The summed E-state index contributed by atoms with van der Waals surface area (Å²) in [6.45, 7) is 2.16. The van der Waals surface area contributed by atoms with Gasteiger partial charge in [-0.25, -0.2) is 0 Å². The number of hydrogen-bond acceptors (Lipinski definition) is 1. The molecule has 1 nitrogen and oxygen atoms in total. The van der Waals surface area contributed by atoms with Gasteiger partial charge in [-0.05, 0) is 12.8 Å². The second-order valence-electron chi connectivity index (χ2n) is 2.43. The second kappa shape index (κ2) is 7.07. The summed E-state index contributed by atoms with van der Waals surface area (Å²) in [7, 11) is 0. The first-order valence-corrected chi connectivity index (χ1v) is 8.90. The van der Waals surface area contributed by atoms with E-state index in [0.717, 1.165) is 12.8 Å². The van der Waals surface area contributed by atoms with Crippen molar-refractivity contribution in [1.29, 1.82) is 0 Å². The van der Waals surface area contributed by atoms with Crippen molar-refractivity contribution in [2.24, 2.45) is 0 Å². The Morgan fingerprint density at radius 2 is 1.92 bits per heavy atom. The first-order valence-electron chi connectivity index (χ1n) is 3.96. The van der Waals surface area contributed by atoms with Gasteiger partial charge in [0.25, 0.3) is 0 Å². The van der Waals surface area contributed by atoms with Crippen LogP contribution >= 0.6 is 33.2 Å². The van der Waals surface area contributed by atoms with Crippen LogP contribution in [0.15, 0.2) is 12.3 Å². The van der Waals surface area contributed by atoms with Crippen LogP contribution in [0, 0.1) is 0 Å². The van der Waals surface area contributed by atoms with E-state index in [1.165, 1.54) is 19.1 Å². The summed E-state index contributed by atoms with van der Waals surface area (Å²) in [5.41, 5.74) is 0. The fourth-order valence-corrected chi connectivity index (χ4v) is 1.42. The van der Waals surface area contributed by atoms with Crippen LogP contribution in [-0.2, 0) is 4.43 Å². The molecule has 0 fully saturated rings. The minimum atomic E-state index is -2.90. The summed E-state index contributed by atoms with van der Waals surface area (Å²) in [6.07, 6.45) is 5.09. The van der Waals surface area contributed by atoms with Gasteiger partial charge in [0.2, 0.25) is 0 Å². The lowest BCUT2D eigenvalue weighted by atomic mass is 10.2. The highest BCUT2D eigenvalue weighted by molar-refractivity contribution is 7.62. The molecule has 0 aliphatic rings. The zero-order chi connectivity index (χ0) is 9.45. The minimum Gasteiger partial charge on any atom is -0.515 e.